The molecule has 6 heteroatoms. The molecule has 1 aliphatic rings. The average molecular weight is 267 g/mol. The van der Waals surface area contributed by atoms with E-state index in [2.05, 4.69) is 10.6 Å². The first-order valence-electron chi connectivity index (χ1n) is 5.92. The van der Waals surface area contributed by atoms with Gasteiger partial charge in [-0.1, -0.05) is 6.42 Å². The zero-order chi connectivity index (χ0) is 11.6. The van der Waals surface area contributed by atoms with Crippen LogP contribution >= 0.6 is 12.4 Å². The molecule has 0 radical (unpaired) electrons. The number of carbonyl (C=O) groups is 1. The van der Waals surface area contributed by atoms with Crippen molar-refractivity contribution in [1.82, 2.24) is 10.6 Å². The molecule has 0 aromatic heterocycles. The van der Waals surface area contributed by atoms with Crippen LogP contribution in [0.3, 0.4) is 0 Å². The van der Waals surface area contributed by atoms with E-state index in [1.54, 1.807) is 7.11 Å². The molecule has 5 nitrogen and oxygen atoms in total. The van der Waals surface area contributed by atoms with E-state index >= 15 is 0 Å². The van der Waals surface area contributed by atoms with Gasteiger partial charge in [-0.05, 0) is 19.4 Å². The number of rotatable bonds is 7. The molecule has 1 fully saturated rings. The lowest BCUT2D eigenvalue weighted by molar-refractivity contribution is -0.123. The molecule has 0 unspecified atom stereocenters. The maximum atomic E-state index is 11.6. The second kappa shape index (κ2) is 10.8. The van der Waals surface area contributed by atoms with Crippen LogP contribution < -0.4 is 10.6 Å². The van der Waals surface area contributed by atoms with Gasteiger partial charge in [0.05, 0.1) is 25.9 Å². The van der Waals surface area contributed by atoms with Crippen LogP contribution in [0.2, 0.25) is 0 Å². The summed E-state index contributed by atoms with van der Waals surface area (Å²) < 4.78 is 10.1. The standard InChI is InChI=1S/C11H22N2O3.ClH/c1-15-8-9-16-7-6-13-11(14)10-4-2-3-5-12-10;/h10,12H,2-9H2,1H3,(H,13,14);1H/t10-;/m0./s1. The van der Waals surface area contributed by atoms with Gasteiger partial charge < -0.3 is 20.1 Å². The molecule has 0 spiro atoms. The van der Waals surface area contributed by atoms with E-state index in [0.29, 0.717) is 26.4 Å². The van der Waals surface area contributed by atoms with Crippen molar-refractivity contribution in [2.75, 3.05) is 40.0 Å². The fraction of sp³-hybridized carbons (Fsp3) is 0.909. The van der Waals surface area contributed by atoms with Crippen LogP contribution in [0.15, 0.2) is 0 Å². The first-order valence-corrected chi connectivity index (χ1v) is 5.92. The summed E-state index contributed by atoms with van der Waals surface area (Å²) in [5.41, 5.74) is 0. The molecule has 0 aliphatic carbocycles. The molecule has 1 rings (SSSR count). The number of piperidine rings is 1. The number of amides is 1. The Kier molecular flexibility index (Phi) is 10.5. The molecule has 0 saturated carbocycles. The molecule has 1 atom stereocenters. The van der Waals surface area contributed by atoms with Gasteiger partial charge >= 0.3 is 0 Å². The largest absolute Gasteiger partial charge is 0.382 e. The van der Waals surface area contributed by atoms with Crippen LogP contribution in [-0.2, 0) is 14.3 Å². The number of hydrogen-bond donors (Lipinski definition) is 2. The number of carbonyl (C=O) groups excluding carboxylic acids is 1. The van der Waals surface area contributed by atoms with Gasteiger partial charge in [0.1, 0.15) is 0 Å². The molecule has 0 bridgehead atoms. The minimum Gasteiger partial charge on any atom is -0.382 e. The predicted octanol–water partition coefficient (Wildman–Crippen LogP) is 0.330. The molecule has 0 aromatic carbocycles. The maximum Gasteiger partial charge on any atom is 0.237 e. The molecule has 1 saturated heterocycles. The van der Waals surface area contributed by atoms with Crippen molar-refractivity contribution < 1.29 is 14.3 Å². The van der Waals surface area contributed by atoms with Crippen molar-refractivity contribution in [2.24, 2.45) is 0 Å². The Bertz CT molecular complexity index is 199. The molecule has 17 heavy (non-hydrogen) atoms. The second-order valence-electron chi connectivity index (χ2n) is 3.90. The van der Waals surface area contributed by atoms with Crippen LogP contribution in [0.4, 0.5) is 0 Å². The van der Waals surface area contributed by atoms with Crippen LogP contribution in [0, 0.1) is 0 Å². The van der Waals surface area contributed by atoms with Crippen molar-refractivity contribution >= 4 is 18.3 Å². The van der Waals surface area contributed by atoms with E-state index in [-0.39, 0.29) is 24.4 Å². The van der Waals surface area contributed by atoms with Gasteiger partial charge in [-0.2, -0.15) is 0 Å². The highest BCUT2D eigenvalue weighted by Crippen LogP contribution is 2.06. The monoisotopic (exact) mass is 266 g/mol. The van der Waals surface area contributed by atoms with Crippen LogP contribution in [-0.4, -0.2) is 52.0 Å². The third-order valence-electron chi connectivity index (χ3n) is 2.60. The van der Waals surface area contributed by atoms with Gasteiger partial charge in [0, 0.05) is 13.7 Å². The lowest BCUT2D eigenvalue weighted by Gasteiger charge is -2.22. The number of ether oxygens (including phenoxy) is 2. The number of nitrogens with one attached hydrogen (secondary N) is 2. The first kappa shape index (κ1) is 16.6. The molecule has 1 aliphatic heterocycles. The van der Waals surface area contributed by atoms with E-state index in [4.69, 9.17) is 9.47 Å². The third-order valence-corrected chi connectivity index (χ3v) is 2.60. The number of methoxy groups -OCH3 is 1. The summed E-state index contributed by atoms with van der Waals surface area (Å²) in [5.74, 6) is 0.0926. The highest BCUT2D eigenvalue weighted by molar-refractivity contribution is 5.85. The molecule has 0 aromatic rings. The lowest BCUT2D eigenvalue weighted by atomic mass is 10.0. The number of halogens is 1. The van der Waals surface area contributed by atoms with Crippen LogP contribution in [0.25, 0.3) is 0 Å². The van der Waals surface area contributed by atoms with E-state index < -0.39 is 0 Å². The normalized spacial score (nSPS) is 19.5. The summed E-state index contributed by atoms with van der Waals surface area (Å²) in [4.78, 5) is 11.6. The Morgan fingerprint density at radius 3 is 2.82 bits per heavy atom. The van der Waals surface area contributed by atoms with Crippen molar-refractivity contribution in [3.8, 4) is 0 Å². The van der Waals surface area contributed by atoms with Crippen molar-refractivity contribution in [2.45, 2.75) is 25.3 Å². The maximum absolute atomic E-state index is 11.6. The molecular formula is C11H23ClN2O3. The minimum absolute atomic E-state index is 0. The molecule has 102 valence electrons. The fourth-order valence-corrected chi connectivity index (χ4v) is 1.69. The van der Waals surface area contributed by atoms with Gasteiger partial charge in [0.25, 0.3) is 0 Å². The zero-order valence-corrected chi connectivity index (χ0v) is 11.2. The van der Waals surface area contributed by atoms with Gasteiger partial charge in [-0.3, -0.25) is 4.79 Å². The number of hydrogen-bond acceptors (Lipinski definition) is 4. The summed E-state index contributed by atoms with van der Waals surface area (Å²) >= 11 is 0. The summed E-state index contributed by atoms with van der Waals surface area (Å²) in [7, 11) is 1.64. The highest BCUT2D eigenvalue weighted by Gasteiger charge is 2.19. The first-order chi connectivity index (χ1) is 7.84. The summed E-state index contributed by atoms with van der Waals surface area (Å²) in [6.07, 6.45) is 3.25. The van der Waals surface area contributed by atoms with Crippen LogP contribution in [0.1, 0.15) is 19.3 Å². The van der Waals surface area contributed by atoms with Crippen molar-refractivity contribution in [3.63, 3.8) is 0 Å². The quantitative estimate of drug-likeness (QED) is 0.652. The van der Waals surface area contributed by atoms with E-state index in [1.165, 1.54) is 6.42 Å². The Morgan fingerprint density at radius 1 is 1.35 bits per heavy atom. The third kappa shape index (κ3) is 7.54. The van der Waals surface area contributed by atoms with E-state index in [1.807, 2.05) is 0 Å². The Morgan fingerprint density at radius 2 is 2.18 bits per heavy atom. The van der Waals surface area contributed by atoms with E-state index in [9.17, 15) is 4.79 Å². The van der Waals surface area contributed by atoms with Gasteiger partial charge in [-0.25, -0.2) is 0 Å². The molecule has 2 N–H and O–H groups in total. The van der Waals surface area contributed by atoms with Crippen molar-refractivity contribution in [1.29, 1.82) is 0 Å². The Hall–Kier alpha value is -0.360. The smallest absolute Gasteiger partial charge is 0.237 e. The summed E-state index contributed by atoms with van der Waals surface area (Å²) in [5, 5.41) is 6.07. The minimum atomic E-state index is -0.00674. The molecular weight excluding hydrogens is 244 g/mol. The Labute approximate surface area is 109 Å². The predicted molar refractivity (Wildman–Crippen MR) is 68.6 cm³/mol. The Balaban J connectivity index is 0.00000256. The zero-order valence-electron chi connectivity index (χ0n) is 10.4. The SMILES string of the molecule is COCCOCCNC(=O)[C@@H]1CCCCN1.Cl. The average Bonchev–Trinajstić information content (AvgIpc) is 2.34. The molecule has 1 heterocycles. The van der Waals surface area contributed by atoms with Crippen molar-refractivity contribution in [3.05, 3.63) is 0 Å². The molecule has 1 amide bonds. The second-order valence-corrected chi connectivity index (χ2v) is 3.90. The van der Waals surface area contributed by atoms with E-state index in [0.717, 1.165) is 19.4 Å². The fourth-order valence-electron chi connectivity index (χ4n) is 1.69. The highest BCUT2D eigenvalue weighted by atomic mass is 35.5. The summed E-state index contributed by atoms with van der Waals surface area (Å²) in [6, 6.07) is -0.00674. The van der Waals surface area contributed by atoms with Crippen LogP contribution in [0.5, 0.6) is 0 Å². The topological polar surface area (TPSA) is 59.6 Å². The van der Waals surface area contributed by atoms with Gasteiger partial charge in [0.15, 0.2) is 0 Å². The lowest BCUT2D eigenvalue weighted by Crippen LogP contribution is -2.47. The van der Waals surface area contributed by atoms with Gasteiger partial charge in [-0.15, -0.1) is 12.4 Å². The van der Waals surface area contributed by atoms with Gasteiger partial charge in [0.2, 0.25) is 5.91 Å². The summed E-state index contributed by atoms with van der Waals surface area (Å²) in [6.45, 7) is 3.23.